The molecule has 2 amide bonds. The maximum absolute atomic E-state index is 12.8. The summed E-state index contributed by atoms with van der Waals surface area (Å²) < 4.78 is 0. The van der Waals surface area contributed by atoms with Crippen molar-refractivity contribution in [3.63, 3.8) is 0 Å². The van der Waals surface area contributed by atoms with E-state index >= 15 is 0 Å². The van der Waals surface area contributed by atoms with Crippen LogP contribution in [0.2, 0.25) is 0 Å². The van der Waals surface area contributed by atoms with Crippen LogP contribution in [0.5, 0.6) is 0 Å². The fourth-order valence-corrected chi connectivity index (χ4v) is 4.45. The van der Waals surface area contributed by atoms with E-state index in [9.17, 15) is 14.7 Å². The van der Waals surface area contributed by atoms with Crippen molar-refractivity contribution in [3.8, 4) is 0 Å². The number of aliphatic carboxylic acids is 1. The van der Waals surface area contributed by atoms with Crippen LogP contribution in [0.3, 0.4) is 0 Å². The van der Waals surface area contributed by atoms with E-state index in [4.69, 9.17) is 0 Å². The minimum absolute atomic E-state index is 0.0362. The van der Waals surface area contributed by atoms with E-state index in [1.807, 2.05) is 4.90 Å². The molecule has 0 bridgehead atoms. The van der Waals surface area contributed by atoms with Gasteiger partial charge in [0, 0.05) is 19.6 Å². The Morgan fingerprint density at radius 1 is 1.05 bits per heavy atom. The maximum Gasteiger partial charge on any atom is 0.326 e. The van der Waals surface area contributed by atoms with Gasteiger partial charge >= 0.3 is 12.0 Å². The van der Waals surface area contributed by atoms with Gasteiger partial charge in [0.1, 0.15) is 6.04 Å². The number of likely N-dealkylation sites (tertiary alicyclic amines) is 2. The van der Waals surface area contributed by atoms with Gasteiger partial charge in [-0.3, -0.25) is 0 Å². The molecule has 0 aromatic heterocycles. The largest absolute Gasteiger partial charge is 0.480 e. The van der Waals surface area contributed by atoms with Gasteiger partial charge in [0.15, 0.2) is 0 Å². The van der Waals surface area contributed by atoms with Crippen LogP contribution in [0.4, 0.5) is 4.79 Å². The third-order valence-corrected chi connectivity index (χ3v) is 5.68. The first-order chi connectivity index (χ1) is 10.1. The number of carbonyl (C=O) groups is 2. The number of carboxylic acid groups (broad SMARTS) is 1. The molecule has 0 aromatic rings. The first kappa shape index (κ1) is 14.7. The third kappa shape index (κ3) is 2.74. The molecule has 5 nitrogen and oxygen atoms in total. The second kappa shape index (κ2) is 5.85. The van der Waals surface area contributed by atoms with E-state index in [0.717, 1.165) is 51.6 Å². The van der Waals surface area contributed by atoms with Crippen LogP contribution in [0.15, 0.2) is 0 Å². The molecule has 3 aliphatic rings. The number of carbonyl (C=O) groups excluding carboxylic acids is 1. The van der Waals surface area contributed by atoms with Gasteiger partial charge in [-0.2, -0.15) is 0 Å². The predicted octanol–water partition coefficient (Wildman–Crippen LogP) is 2.41. The number of urea groups is 1. The molecule has 1 N–H and O–H groups in total. The van der Waals surface area contributed by atoms with Crippen molar-refractivity contribution < 1.29 is 14.7 Å². The summed E-state index contributed by atoms with van der Waals surface area (Å²) in [4.78, 5) is 28.0. The SMILES string of the molecule is CC1CCCN(C(=O)N2CC3CCCC3C2C(=O)O)CC1. The van der Waals surface area contributed by atoms with Gasteiger partial charge in [0.25, 0.3) is 0 Å². The molecule has 0 aromatic carbocycles. The van der Waals surface area contributed by atoms with E-state index < -0.39 is 12.0 Å². The summed E-state index contributed by atoms with van der Waals surface area (Å²) in [7, 11) is 0. The first-order valence-corrected chi connectivity index (χ1v) is 8.36. The van der Waals surface area contributed by atoms with Crippen LogP contribution in [0, 0.1) is 17.8 Å². The van der Waals surface area contributed by atoms with Gasteiger partial charge in [-0.15, -0.1) is 0 Å². The summed E-state index contributed by atoms with van der Waals surface area (Å²) in [5.41, 5.74) is 0. The molecule has 0 radical (unpaired) electrons. The number of nitrogens with zero attached hydrogens (tertiary/aromatic N) is 2. The Balaban J connectivity index is 1.72. The monoisotopic (exact) mass is 294 g/mol. The first-order valence-electron chi connectivity index (χ1n) is 8.36. The van der Waals surface area contributed by atoms with Crippen molar-refractivity contribution in [3.05, 3.63) is 0 Å². The molecule has 2 saturated heterocycles. The lowest BCUT2D eigenvalue weighted by molar-refractivity contribution is -0.142. The zero-order valence-corrected chi connectivity index (χ0v) is 12.8. The molecule has 3 fully saturated rings. The van der Waals surface area contributed by atoms with Gasteiger partial charge in [0.2, 0.25) is 0 Å². The van der Waals surface area contributed by atoms with E-state index in [2.05, 4.69) is 6.92 Å². The highest BCUT2D eigenvalue weighted by Crippen LogP contribution is 2.42. The number of amides is 2. The molecule has 1 saturated carbocycles. The van der Waals surface area contributed by atoms with Gasteiger partial charge in [-0.1, -0.05) is 13.3 Å². The van der Waals surface area contributed by atoms with Crippen LogP contribution >= 0.6 is 0 Å². The number of fused-ring (bicyclic) bond motifs is 1. The summed E-state index contributed by atoms with van der Waals surface area (Å²) in [6, 6.07) is -0.628. The molecule has 4 unspecified atom stereocenters. The average molecular weight is 294 g/mol. The standard InChI is InChI=1S/C16H26N2O3/c1-11-4-3-8-17(9-7-11)16(21)18-10-12-5-2-6-13(12)14(18)15(19)20/h11-14H,2-10H2,1H3,(H,19,20). The highest BCUT2D eigenvalue weighted by molar-refractivity contribution is 5.84. The minimum atomic E-state index is -0.819. The average Bonchev–Trinajstić information content (AvgIpc) is 2.94. The lowest BCUT2D eigenvalue weighted by Gasteiger charge is -2.31. The Hall–Kier alpha value is -1.26. The van der Waals surface area contributed by atoms with E-state index in [1.54, 1.807) is 4.90 Å². The quantitative estimate of drug-likeness (QED) is 0.808. The minimum Gasteiger partial charge on any atom is -0.480 e. The molecule has 1 aliphatic carbocycles. The van der Waals surface area contributed by atoms with Crippen LogP contribution < -0.4 is 0 Å². The Morgan fingerprint density at radius 2 is 1.86 bits per heavy atom. The number of carboxylic acids is 1. The number of rotatable bonds is 1. The van der Waals surface area contributed by atoms with Gasteiger partial charge in [0.05, 0.1) is 0 Å². The Labute approximate surface area is 126 Å². The summed E-state index contributed by atoms with van der Waals surface area (Å²) in [5, 5.41) is 9.56. The zero-order valence-electron chi connectivity index (χ0n) is 12.8. The van der Waals surface area contributed by atoms with Gasteiger partial charge < -0.3 is 14.9 Å². The summed E-state index contributed by atoms with van der Waals surface area (Å²) in [6.45, 7) is 4.43. The molecule has 21 heavy (non-hydrogen) atoms. The predicted molar refractivity (Wildman–Crippen MR) is 78.9 cm³/mol. The molecule has 4 atom stereocenters. The maximum atomic E-state index is 12.8. The normalized spacial score (nSPS) is 36.4. The smallest absolute Gasteiger partial charge is 0.326 e. The highest BCUT2D eigenvalue weighted by atomic mass is 16.4. The van der Waals surface area contributed by atoms with Crippen molar-refractivity contribution in [2.45, 2.75) is 51.5 Å². The second-order valence-electron chi connectivity index (χ2n) is 7.10. The summed E-state index contributed by atoms with van der Waals surface area (Å²) >= 11 is 0. The molecule has 0 spiro atoms. The molecule has 118 valence electrons. The fraction of sp³-hybridized carbons (Fsp3) is 0.875. The van der Waals surface area contributed by atoms with Crippen LogP contribution in [-0.2, 0) is 4.79 Å². The Morgan fingerprint density at radius 3 is 2.62 bits per heavy atom. The molecule has 2 heterocycles. The Bertz CT molecular complexity index is 426. The van der Waals surface area contributed by atoms with E-state index in [-0.39, 0.29) is 11.9 Å². The van der Waals surface area contributed by atoms with Crippen molar-refractivity contribution in [2.75, 3.05) is 19.6 Å². The Kier molecular flexibility index (Phi) is 4.09. The van der Waals surface area contributed by atoms with Crippen molar-refractivity contribution in [2.24, 2.45) is 17.8 Å². The van der Waals surface area contributed by atoms with Crippen LogP contribution in [0.25, 0.3) is 0 Å². The third-order valence-electron chi connectivity index (χ3n) is 5.68. The lowest BCUT2D eigenvalue weighted by atomic mass is 9.94. The van der Waals surface area contributed by atoms with Gasteiger partial charge in [-0.05, 0) is 49.9 Å². The number of hydrogen-bond donors (Lipinski definition) is 1. The summed E-state index contributed by atoms with van der Waals surface area (Å²) in [5.74, 6) is 0.426. The molecule has 2 aliphatic heterocycles. The van der Waals surface area contributed by atoms with E-state index in [0.29, 0.717) is 18.4 Å². The topological polar surface area (TPSA) is 60.9 Å². The molecule has 3 rings (SSSR count). The van der Waals surface area contributed by atoms with Crippen molar-refractivity contribution in [1.82, 2.24) is 9.80 Å². The highest BCUT2D eigenvalue weighted by Gasteiger charge is 2.50. The lowest BCUT2D eigenvalue weighted by Crippen LogP contribution is -2.49. The zero-order chi connectivity index (χ0) is 15.0. The fourth-order valence-electron chi connectivity index (χ4n) is 4.45. The summed E-state index contributed by atoms with van der Waals surface area (Å²) in [6.07, 6.45) is 6.38. The second-order valence-corrected chi connectivity index (χ2v) is 7.10. The van der Waals surface area contributed by atoms with Crippen LogP contribution in [-0.4, -0.2) is 52.6 Å². The molecule has 5 heteroatoms. The van der Waals surface area contributed by atoms with Crippen molar-refractivity contribution in [1.29, 1.82) is 0 Å². The number of hydrogen-bond acceptors (Lipinski definition) is 2. The van der Waals surface area contributed by atoms with Crippen LogP contribution in [0.1, 0.15) is 45.4 Å². The molecular formula is C16H26N2O3. The van der Waals surface area contributed by atoms with Gasteiger partial charge in [-0.25, -0.2) is 9.59 Å². The van der Waals surface area contributed by atoms with E-state index in [1.165, 1.54) is 0 Å². The molecular weight excluding hydrogens is 268 g/mol. The van der Waals surface area contributed by atoms with Crippen molar-refractivity contribution >= 4 is 12.0 Å².